The quantitative estimate of drug-likeness (QED) is 0.174. The Balaban J connectivity index is 1.63. The van der Waals surface area contributed by atoms with E-state index in [-0.39, 0.29) is 5.82 Å². The second-order valence-corrected chi connectivity index (χ2v) is 11.0. The summed E-state index contributed by atoms with van der Waals surface area (Å²) in [6.45, 7) is 10.1. The molecule has 7 rings (SSSR count). The third kappa shape index (κ3) is 3.20. The summed E-state index contributed by atoms with van der Waals surface area (Å²) in [4.78, 5) is 0. The number of imidazole rings is 1. The lowest BCUT2D eigenvalue weighted by Crippen LogP contribution is -2.28. The Hall–Kier alpha value is -3.98. The Kier molecular flexibility index (Phi) is 4.81. The Bertz CT molecular complexity index is 1830. The fourth-order valence-corrected chi connectivity index (χ4v) is 6.32. The number of hydrogen-bond donors (Lipinski definition) is 0. The molecule has 0 fully saturated rings. The van der Waals surface area contributed by atoms with Crippen LogP contribution in [0.4, 0.5) is 4.39 Å². The van der Waals surface area contributed by atoms with E-state index < -0.39 is 0 Å². The van der Waals surface area contributed by atoms with Crippen molar-refractivity contribution in [1.82, 2.24) is 4.40 Å². The summed E-state index contributed by atoms with van der Waals surface area (Å²) in [6.07, 6.45) is 2.37. The maximum atomic E-state index is 13.6. The molecular formula is C34H30FN2+. The highest BCUT2D eigenvalue weighted by Gasteiger charge is 2.33. The Morgan fingerprint density at radius 2 is 1.43 bits per heavy atom. The number of hydrogen-bond acceptors (Lipinski definition) is 0. The number of halogens is 1. The monoisotopic (exact) mass is 485 g/mol. The molecule has 0 spiro atoms. The first kappa shape index (κ1) is 22.2. The van der Waals surface area contributed by atoms with Crippen molar-refractivity contribution in [3.05, 3.63) is 108 Å². The average Bonchev–Trinajstić information content (AvgIpc) is 3.45. The lowest BCUT2D eigenvalue weighted by molar-refractivity contribution is -0.657. The van der Waals surface area contributed by atoms with Crippen molar-refractivity contribution >= 4 is 27.3 Å². The van der Waals surface area contributed by atoms with Crippen molar-refractivity contribution in [2.24, 2.45) is 0 Å². The van der Waals surface area contributed by atoms with E-state index in [0.717, 1.165) is 17.7 Å². The molecule has 4 aromatic carbocycles. The van der Waals surface area contributed by atoms with Gasteiger partial charge in [-0.15, -0.1) is 0 Å². The van der Waals surface area contributed by atoms with Gasteiger partial charge in [0.25, 0.3) is 5.65 Å². The number of pyridine rings is 1. The van der Waals surface area contributed by atoms with E-state index in [4.69, 9.17) is 0 Å². The minimum atomic E-state index is -0.210. The predicted octanol–water partition coefficient (Wildman–Crippen LogP) is 8.61. The van der Waals surface area contributed by atoms with E-state index in [9.17, 15) is 4.39 Å². The molecule has 0 aliphatic carbocycles. The van der Waals surface area contributed by atoms with Gasteiger partial charge >= 0.3 is 0 Å². The zero-order chi connectivity index (χ0) is 25.4. The summed E-state index contributed by atoms with van der Waals surface area (Å²) in [7, 11) is 0. The van der Waals surface area contributed by atoms with E-state index in [2.05, 4.69) is 97.5 Å². The molecule has 182 valence electrons. The molecule has 0 amide bonds. The number of benzene rings is 4. The predicted molar refractivity (Wildman–Crippen MR) is 151 cm³/mol. The van der Waals surface area contributed by atoms with Gasteiger partial charge in [-0.3, -0.25) is 0 Å². The van der Waals surface area contributed by atoms with E-state index in [1.165, 1.54) is 67.4 Å². The molecule has 0 saturated carbocycles. The molecule has 0 N–H and O–H groups in total. The first-order valence-electron chi connectivity index (χ1n) is 13.2. The highest BCUT2D eigenvalue weighted by atomic mass is 19.1. The van der Waals surface area contributed by atoms with Crippen LogP contribution in [0, 0.1) is 5.82 Å². The average molecular weight is 486 g/mol. The van der Waals surface area contributed by atoms with Crippen LogP contribution < -0.4 is 4.57 Å². The molecule has 3 heteroatoms. The smallest absolute Gasteiger partial charge is 0.225 e. The molecule has 0 radical (unpaired) electrons. The van der Waals surface area contributed by atoms with Gasteiger partial charge in [0.2, 0.25) is 0 Å². The van der Waals surface area contributed by atoms with Crippen molar-refractivity contribution in [2.75, 3.05) is 0 Å². The van der Waals surface area contributed by atoms with Crippen molar-refractivity contribution in [3.63, 3.8) is 0 Å². The number of rotatable bonds is 4. The van der Waals surface area contributed by atoms with Crippen LogP contribution in [0.5, 0.6) is 0 Å². The summed E-state index contributed by atoms with van der Waals surface area (Å²) in [5, 5.41) is 3.84. The van der Waals surface area contributed by atoms with Crippen molar-refractivity contribution < 1.29 is 8.96 Å². The summed E-state index contributed by atoms with van der Waals surface area (Å²) in [5.41, 5.74) is 11.4. The Morgan fingerprint density at radius 1 is 0.757 bits per heavy atom. The number of fused-ring (bicyclic) bond motifs is 3. The van der Waals surface area contributed by atoms with Crippen molar-refractivity contribution in [1.29, 1.82) is 0 Å². The van der Waals surface area contributed by atoms with Gasteiger partial charge in [-0.1, -0.05) is 82.3 Å². The SMILES string of the molecule is CC(C)c1cccc(C(C)C)c1-c1c[n+]2c3c4c(cccc4c4cc(-c5ccc(F)cc5)ccc4n13)C2. The van der Waals surface area contributed by atoms with Crippen molar-refractivity contribution in [2.45, 2.75) is 46.1 Å². The highest BCUT2D eigenvalue weighted by Crippen LogP contribution is 2.41. The molecule has 1 aliphatic heterocycles. The lowest BCUT2D eigenvalue weighted by Gasteiger charge is -2.18. The standard InChI is InChI=1S/C34H30FN2/c1-20(2)26-8-6-9-27(21(3)4)33(26)31-19-36-18-24-7-5-10-28-29-17-23(22-11-14-25(35)15-12-22)13-16-30(29)37(31)34(36)32(24)28/h5-17,19-21H,18H2,1-4H3/q+1. The number of nitrogens with zero attached hydrogens (tertiary/aromatic N) is 2. The van der Waals surface area contributed by atoms with Gasteiger partial charge < -0.3 is 0 Å². The van der Waals surface area contributed by atoms with Crippen LogP contribution in [0.3, 0.4) is 0 Å². The van der Waals surface area contributed by atoms with Gasteiger partial charge in [-0.2, -0.15) is 4.40 Å². The maximum Gasteiger partial charge on any atom is 0.295 e. The highest BCUT2D eigenvalue weighted by molar-refractivity contribution is 6.14. The molecule has 6 aromatic rings. The summed E-state index contributed by atoms with van der Waals surface area (Å²) < 4.78 is 18.6. The van der Waals surface area contributed by atoms with Crippen LogP contribution in [0.1, 0.15) is 56.2 Å². The number of aromatic nitrogens is 2. The first-order chi connectivity index (χ1) is 17.9. The molecular weight excluding hydrogens is 455 g/mol. The zero-order valence-corrected chi connectivity index (χ0v) is 21.7. The summed E-state index contributed by atoms with van der Waals surface area (Å²) in [5.74, 6) is 0.629. The van der Waals surface area contributed by atoms with Gasteiger partial charge in [-0.25, -0.2) is 8.96 Å². The van der Waals surface area contributed by atoms with Crippen LogP contribution in [-0.2, 0) is 6.54 Å². The third-order valence-corrected chi connectivity index (χ3v) is 8.05. The molecule has 0 unspecified atom stereocenters. The molecule has 2 aromatic heterocycles. The van der Waals surface area contributed by atoms with Crippen LogP contribution in [-0.4, -0.2) is 4.40 Å². The first-order valence-corrected chi connectivity index (χ1v) is 13.2. The van der Waals surface area contributed by atoms with Gasteiger partial charge in [0, 0.05) is 21.9 Å². The minimum absolute atomic E-state index is 0.210. The van der Waals surface area contributed by atoms with Gasteiger partial charge in [0.05, 0.1) is 5.39 Å². The maximum absolute atomic E-state index is 13.6. The molecule has 37 heavy (non-hydrogen) atoms. The van der Waals surface area contributed by atoms with Gasteiger partial charge in [0.15, 0.2) is 5.69 Å². The Labute approximate surface area is 216 Å². The van der Waals surface area contributed by atoms with Crippen LogP contribution in [0.2, 0.25) is 0 Å². The minimum Gasteiger partial charge on any atom is -0.225 e. The van der Waals surface area contributed by atoms with Gasteiger partial charge in [0.1, 0.15) is 24.1 Å². The van der Waals surface area contributed by atoms with Crippen LogP contribution in [0.25, 0.3) is 49.7 Å². The molecule has 0 saturated heterocycles. The van der Waals surface area contributed by atoms with Crippen molar-refractivity contribution in [3.8, 4) is 22.4 Å². The van der Waals surface area contributed by atoms with Gasteiger partial charge in [-0.05, 0) is 58.4 Å². The molecule has 0 bridgehead atoms. The van der Waals surface area contributed by atoms with E-state index in [1.54, 1.807) is 0 Å². The fourth-order valence-electron chi connectivity index (χ4n) is 6.32. The second kappa shape index (κ2) is 8.01. The van der Waals surface area contributed by atoms with E-state index in [0.29, 0.717) is 11.8 Å². The molecule has 2 nitrogen and oxygen atoms in total. The largest absolute Gasteiger partial charge is 0.295 e. The Morgan fingerprint density at radius 3 is 2.14 bits per heavy atom. The normalized spacial score (nSPS) is 12.8. The zero-order valence-electron chi connectivity index (χ0n) is 21.7. The van der Waals surface area contributed by atoms with Crippen LogP contribution in [0.15, 0.2) is 85.1 Å². The van der Waals surface area contributed by atoms with E-state index >= 15 is 0 Å². The second-order valence-electron chi connectivity index (χ2n) is 11.0. The molecule has 0 atom stereocenters. The third-order valence-electron chi connectivity index (χ3n) is 8.05. The molecule has 3 heterocycles. The topological polar surface area (TPSA) is 8.29 Å². The fraction of sp³-hybridized carbons (Fsp3) is 0.206. The summed E-state index contributed by atoms with van der Waals surface area (Å²) >= 11 is 0. The molecule has 1 aliphatic rings. The van der Waals surface area contributed by atoms with Crippen LogP contribution >= 0.6 is 0 Å². The van der Waals surface area contributed by atoms with E-state index in [1.807, 2.05) is 12.1 Å². The summed E-state index contributed by atoms with van der Waals surface area (Å²) in [6, 6.07) is 27.0. The lowest BCUT2D eigenvalue weighted by atomic mass is 9.87.